The lowest BCUT2D eigenvalue weighted by Crippen LogP contribution is -2.31. The molecule has 8 heteroatoms. The molecule has 0 amide bonds. The molecule has 0 aliphatic heterocycles. The smallest absolute Gasteiger partial charge is 0.126 e. The Hall–Kier alpha value is -6.90. The summed E-state index contributed by atoms with van der Waals surface area (Å²) in [4.78, 5) is 0. The topological polar surface area (TPSA) is 73.8 Å². The van der Waals surface area contributed by atoms with Gasteiger partial charge in [0.2, 0.25) is 0 Å². The highest BCUT2D eigenvalue weighted by molar-refractivity contribution is 5.48. The number of aryl methyl sites for hydroxylation is 6. The van der Waals surface area contributed by atoms with Crippen LogP contribution in [0.1, 0.15) is 435 Å². The maximum atomic E-state index is 8.36. The SMILES string of the molecule is C.C.C.C.CC(C)(C)Oc1ccccc1.CC(C)c1cccc(C(C)C)c1OC(C)(C)C.Cc1cc(C)c(OC(C)(C)C)c(C)c1.[2H]C(C)(C)c1cccc(C([2H])(C)C([2H])([2H])[2H])c1OC(C)(C)C.[2H]C(C)(C)c1cccc(C([2H])(C)C)c1OC(C)(C)C.[2H]C([2H])([2H])C(C)(OC(C)(C)C)C([2H])([2H])[2H].[2H]C([2H])([2H])c1cc(C)cc(C)c1OC(C)(C)C.[2H]c1c([2H])c(OC(C)(C)C)c([2H])c([2H])c1C. The number of benzene rings is 7. The maximum Gasteiger partial charge on any atom is 0.126 e. The van der Waals surface area contributed by atoms with Crippen LogP contribution in [0.25, 0.3) is 0 Å². The van der Waals surface area contributed by atoms with Crippen molar-refractivity contribution in [1.29, 1.82) is 0 Å². The largest absolute Gasteiger partial charge is 0.488 e. The molecule has 0 fully saturated rings. The monoisotopic (exact) mass is 1620 g/mol. The van der Waals surface area contributed by atoms with Crippen molar-refractivity contribution in [3.05, 3.63) is 206 Å². The van der Waals surface area contributed by atoms with Gasteiger partial charge in [-0.25, -0.2) is 0 Å². The fourth-order valence-electron chi connectivity index (χ4n) is 10.5. The Labute approximate surface area is 742 Å². The Kier molecular flexibility index (Phi) is 35.7. The molecular formula is C107H182O8. The molecule has 1 unspecified atom stereocenters. The molecule has 0 saturated carbocycles. The van der Waals surface area contributed by atoms with Gasteiger partial charge in [-0.2, -0.15) is 0 Å². The van der Waals surface area contributed by atoms with E-state index in [1.165, 1.54) is 34.7 Å². The van der Waals surface area contributed by atoms with Crippen molar-refractivity contribution in [1.82, 2.24) is 0 Å². The van der Waals surface area contributed by atoms with Gasteiger partial charge in [-0.1, -0.05) is 239 Å². The number of para-hydroxylation sites is 4. The summed E-state index contributed by atoms with van der Waals surface area (Å²) in [5, 5.41) is 0. The molecular weight excluding hydrogens is 1410 g/mol. The highest BCUT2D eigenvalue weighted by Gasteiger charge is 2.26. The quantitative estimate of drug-likeness (QED) is 0.113. The Balaban J connectivity index is -0.000000478. The van der Waals surface area contributed by atoms with Crippen LogP contribution >= 0.6 is 0 Å². The van der Waals surface area contributed by atoms with Crippen LogP contribution in [0.15, 0.2) is 133 Å². The fourth-order valence-corrected chi connectivity index (χ4v) is 10.5. The van der Waals surface area contributed by atoms with Crippen LogP contribution in [0.2, 0.25) is 0 Å². The molecule has 0 aliphatic carbocycles. The third kappa shape index (κ3) is 52.5. The van der Waals surface area contributed by atoms with Crippen molar-refractivity contribution in [3.8, 4) is 40.2 Å². The van der Waals surface area contributed by atoms with Gasteiger partial charge in [-0.3, -0.25) is 0 Å². The van der Waals surface area contributed by atoms with E-state index in [0.29, 0.717) is 51.3 Å². The van der Waals surface area contributed by atoms with Crippen molar-refractivity contribution in [2.75, 3.05) is 0 Å². The molecule has 0 N–H and O–H groups in total. The first-order valence-corrected chi connectivity index (χ1v) is 39.1. The van der Waals surface area contributed by atoms with Gasteiger partial charge in [0, 0.05) is 21.9 Å². The summed E-state index contributed by atoms with van der Waals surface area (Å²) in [6.07, 6.45) is 0. The van der Waals surface area contributed by atoms with E-state index in [0.717, 1.165) is 46.4 Å². The van der Waals surface area contributed by atoms with E-state index < -0.39 is 79.0 Å². The van der Waals surface area contributed by atoms with Crippen LogP contribution in [0.5, 0.6) is 40.2 Å². The summed E-state index contributed by atoms with van der Waals surface area (Å²) < 4.78 is 200. The van der Waals surface area contributed by atoms with Gasteiger partial charge in [-0.05, 0) is 350 Å². The van der Waals surface area contributed by atoms with E-state index in [1.54, 1.807) is 86.6 Å². The van der Waals surface area contributed by atoms with Crippen molar-refractivity contribution in [2.24, 2.45) is 0 Å². The van der Waals surface area contributed by atoms with Crippen LogP contribution in [-0.4, -0.2) is 50.4 Å². The minimum atomic E-state index is -2.69. The van der Waals surface area contributed by atoms with Gasteiger partial charge < -0.3 is 37.9 Å². The Morgan fingerprint density at radius 2 is 0.530 bits per heavy atom. The summed E-state index contributed by atoms with van der Waals surface area (Å²) >= 11 is 0. The molecule has 7 rings (SSSR count). The molecule has 1 atom stereocenters. The zero-order valence-electron chi connectivity index (χ0n) is 97.3. The van der Waals surface area contributed by atoms with Gasteiger partial charge in [0.15, 0.2) is 0 Å². The van der Waals surface area contributed by atoms with E-state index in [9.17, 15) is 0 Å². The minimum Gasteiger partial charge on any atom is -0.488 e. The van der Waals surface area contributed by atoms with Crippen molar-refractivity contribution in [2.45, 2.75) is 434 Å². The summed E-state index contributed by atoms with van der Waals surface area (Å²) in [5.41, 5.74) is 6.18. The van der Waals surface area contributed by atoms with Crippen LogP contribution in [-0.2, 0) is 4.74 Å². The molecule has 0 bridgehead atoms. The van der Waals surface area contributed by atoms with E-state index >= 15 is 0 Å². The zero-order chi connectivity index (χ0) is 104. The van der Waals surface area contributed by atoms with Crippen LogP contribution < -0.4 is 33.2 Å². The fraction of sp³-hybridized carbons (Fsp3) is 0.607. The number of hydrogen-bond acceptors (Lipinski definition) is 8. The summed E-state index contributed by atoms with van der Waals surface area (Å²) in [7, 11) is 0. The molecule has 0 aliphatic rings. The van der Waals surface area contributed by atoms with Crippen LogP contribution in [0, 0.1) is 48.4 Å². The second-order valence-corrected chi connectivity index (χ2v) is 37.8. The number of hydrogen-bond donors (Lipinski definition) is 0. The summed E-state index contributed by atoms with van der Waals surface area (Å²) in [6, 6.07) is 34.8. The minimum absolute atomic E-state index is 0. The molecule has 0 radical (unpaired) electrons. The van der Waals surface area contributed by atoms with Gasteiger partial charge in [0.05, 0.1) is 16.7 Å². The number of rotatable bonds is 13. The first kappa shape index (κ1) is 81.8. The summed E-state index contributed by atoms with van der Waals surface area (Å²) in [5.74, 6) is 1.31. The van der Waals surface area contributed by atoms with E-state index in [1.807, 2.05) is 179 Å². The lowest BCUT2D eigenvalue weighted by atomic mass is 9.93. The second-order valence-electron chi connectivity index (χ2n) is 37.8. The molecule has 7 aromatic carbocycles. The van der Waals surface area contributed by atoms with E-state index in [2.05, 4.69) is 120 Å². The molecule has 658 valence electrons. The van der Waals surface area contributed by atoms with E-state index in [-0.39, 0.29) is 82.0 Å². The average Bonchev–Trinajstić information content (AvgIpc) is 0.759. The third-order valence-electron chi connectivity index (χ3n) is 14.2. The van der Waals surface area contributed by atoms with Crippen molar-refractivity contribution in [3.63, 3.8) is 0 Å². The molecule has 0 spiro atoms. The Bertz CT molecular complexity index is 4600. The Morgan fingerprint density at radius 1 is 0.270 bits per heavy atom. The van der Waals surface area contributed by atoms with Crippen molar-refractivity contribution >= 4 is 0 Å². The molecule has 7 aromatic rings. The number of ether oxygens (including phenoxy) is 8. The summed E-state index contributed by atoms with van der Waals surface area (Å²) in [6.45, 7) is 70.1. The first-order chi connectivity index (χ1) is 57.8. The standard InChI is InChI=1S/3C16H26O.2C13H20O.C11H16O.C10H14O.C8H18O.4CH4/c3*1-11(2)13-9-8-10-14(12(3)4)15(13)17-16(5,6)7;2*1-9-7-10(2)12(11(3)8-9)14-13(4,5)6;1-9-5-7-10(8-6-9)12-11(2,3)4;1-10(2,3)11-9-7-5-4-6-8-9;1-7(2,3)9-8(4,5)6;;;;/h3*8-12H,1-7H3;2*7-8H,1-6H3;5-8H,1-4H3;4-8H,1-3H3;1-6H3;4*1H4/i1D3,11D,12D;11D,12D;;2D3;;5D,6D,7D,8D;;1D3,2D3;;;;. The zero-order valence-corrected chi connectivity index (χ0v) is 77.3. The average molecular weight is 1620 g/mol. The Morgan fingerprint density at radius 3 is 0.783 bits per heavy atom. The van der Waals surface area contributed by atoms with Crippen LogP contribution in [0.3, 0.4) is 0 Å². The molecule has 8 nitrogen and oxygen atoms in total. The predicted octanol–water partition coefficient (Wildman–Crippen LogP) is 34.1. The maximum absolute atomic E-state index is 8.36. The van der Waals surface area contributed by atoms with Gasteiger partial charge >= 0.3 is 0 Å². The van der Waals surface area contributed by atoms with Gasteiger partial charge in [-0.15, -0.1) is 0 Å². The molecule has 0 aromatic heterocycles. The van der Waals surface area contributed by atoms with Crippen molar-refractivity contribution < 1.29 is 65.3 Å². The van der Waals surface area contributed by atoms with E-state index in [4.69, 9.17) is 65.3 Å². The lowest BCUT2D eigenvalue weighted by molar-refractivity contribution is -0.102. The molecule has 0 heterocycles. The molecule has 115 heavy (non-hydrogen) atoms. The predicted molar refractivity (Wildman–Crippen MR) is 513 cm³/mol. The normalized spacial score (nSPS) is 15.4. The highest BCUT2D eigenvalue weighted by atomic mass is 16.5. The van der Waals surface area contributed by atoms with Crippen LogP contribution in [0.4, 0.5) is 0 Å². The second kappa shape index (κ2) is 50.1. The van der Waals surface area contributed by atoms with Gasteiger partial charge in [0.1, 0.15) is 79.5 Å². The third-order valence-corrected chi connectivity index (χ3v) is 14.2. The first-order valence-electron chi connectivity index (χ1n) is 49.1. The lowest BCUT2D eigenvalue weighted by Gasteiger charge is -2.30. The highest BCUT2D eigenvalue weighted by Crippen LogP contribution is 2.40. The molecule has 0 saturated heterocycles. The van der Waals surface area contributed by atoms with Gasteiger partial charge in [0.25, 0.3) is 0 Å².